The third kappa shape index (κ3) is 4.32. The topological polar surface area (TPSA) is 114 Å². The second-order valence-electron chi connectivity index (χ2n) is 8.77. The Kier molecular flexibility index (Phi) is 6.61. The number of aromatic amines is 1. The maximum absolute atomic E-state index is 15.9. The molecule has 0 unspecified atom stereocenters. The maximum Gasteiger partial charge on any atom is 0.332 e. The molecule has 2 heterocycles. The summed E-state index contributed by atoms with van der Waals surface area (Å²) in [6.07, 6.45) is -4.34. The SMILES string of the molecule is O=c1ccn([C@]2(F)O[C@H](COC(c3ccccc3)(c3ccccc3)c3ccccc3)[C@@H](O)[C@H]2O)c(=O)[nH]1. The van der Waals surface area contributed by atoms with Crippen LogP contribution in [0.25, 0.3) is 0 Å². The quantitative estimate of drug-likeness (QED) is 0.333. The molecule has 1 aromatic heterocycles. The summed E-state index contributed by atoms with van der Waals surface area (Å²) in [6.45, 7) is -0.347. The number of hydrogen-bond donors (Lipinski definition) is 3. The van der Waals surface area contributed by atoms with Gasteiger partial charge in [-0.2, -0.15) is 4.39 Å². The van der Waals surface area contributed by atoms with E-state index in [9.17, 15) is 19.8 Å². The van der Waals surface area contributed by atoms with Crippen LogP contribution in [0.3, 0.4) is 0 Å². The van der Waals surface area contributed by atoms with E-state index in [0.29, 0.717) is 4.57 Å². The first-order valence-electron chi connectivity index (χ1n) is 11.7. The molecule has 5 rings (SSSR count). The molecule has 1 fully saturated rings. The number of aromatic nitrogens is 2. The molecule has 0 radical (unpaired) electrons. The van der Waals surface area contributed by atoms with Crippen molar-refractivity contribution in [2.24, 2.45) is 0 Å². The fraction of sp³-hybridized carbons (Fsp3) is 0.214. The Morgan fingerprint density at radius 3 is 1.81 bits per heavy atom. The number of hydrogen-bond acceptors (Lipinski definition) is 6. The average molecular weight is 505 g/mol. The number of alkyl halides is 1. The van der Waals surface area contributed by atoms with Crippen molar-refractivity contribution < 1.29 is 24.1 Å². The third-order valence-corrected chi connectivity index (χ3v) is 6.54. The zero-order valence-corrected chi connectivity index (χ0v) is 19.6. The third-order valence-electron chi connectivity index (χ3n) is 6.54. The van der Waals surface area contributed by atoms with Gasteiger partial charge in [-0.25, -0.2) is 9.36 Å². The van der Waals surface area contributed by atoms with Crippen LogP contribution in [0.2, 0.25) is 0 Å². The Balaban J connectivity index is 1.55. The van der Waals surface area contributed by atoms with Crippen molar-refractivity contribution in [2.45, 2.75) is 29.9 Å². The lowest BCUT2D eigenvalue weighted by atomic mass is 9.80. The summed E-state index contributed by atoms with van der Waals surface area (Å²) in [7, 11) is 0. The van der Waals surface area contributed by atoms with Crippen molar-refractivity contribution in [3.63, 3.8) is 0 Å². The normalized spacial score (nSPS) is 23.7. The van der Waals surface area contributed by atoms with Gasteiger partial charge in [0, 0.05) is 12.3 Å². The van der Waals surface area contributed by atoms with Crippen LogP contribution in [0.1, 0.15) is 16.7 Å². The molecule has 37 heavy (non-hydrogen) atoms. The molecule has 190 valence electrons. The summed E-state index contributed by atoms with van der Waals surface area (Å²) < 4.78 is 28.3. The van der Waals surface area contributed by atoms with Crippen molar-refractivity contribution >= 4 is 0 Å². The van der Waals surface area contributed by atoms with Crippen LogP contribution in [0, 0.1) is 0 Å². The Bertz CT molecular complexity index is 1360. The van der Waals surface area contributed by atoms with Crippen LogP contribution in [0.5, 0.6) is 0 Å². The average Bonchev–Trinajstić information content (AvgIpc) is 3.15. The summed E-state index contributed by atoms with van der Waals surface area (Å²) >= 11 is 0. The Morgan fingerprint density at radius 1 is 0.865 bits per heavy atom. The second kappa shape index (κ2) is 9.87. The fourth-order valence-electron chi connectivity index (χ4n) is 4.73. The van der Waals surface area contributed by atoms with E-state index in [2.05, 4.69) is 0 Å². The molecule has 1 aliphatic heterocycles. The van der Waals surface area contributed by atoms with Crippen LogP contribution in [0.15, 0.2) is 113 Å². The van der Waals surface area contributed by atoms with Gasteiger partial charge in [-0.05, 0) is 16.7 Å². The molecule has 0 spiro atoms. The van der Waals surface area contributed by atoms with Gasteiger partial charge in [0.15, 0.2) is 6.10 Å². The van der Waals surface area contributed by atoms with Gasteiger partial charge in [0.1, 0.15) is 17.8 Å². The molecule has 1 aliphatic rings. The number of nitrogens with zero attached hydrogens (tertiary/aromatic N) is 1. The van der Waals surface area contributed by atoms with E-state index in [4.69, 9.17) is 9.47 Å². The van der Waals surface area contributed by atoms with E-state index >= 15 is 4.39 Å². The van der Waals surface area contributed by atoms with Crippen LogP contribution in [-0.4, -0.2) is 44.7 Å². The summed E-state index contributed by atoms with van der Waals surface area (Å²) in [5, 5.41) is 21.3. The summed E-state index contributed by atoms with van der Waals surface area (Å²) in [4.78, 5) is 25.6. The summed E-state index contributed by atoms with van der Waals surface area (Å²) in [5.41, 5.74) is -0.698. The predicted octanol–water partition coefficient (Wildman–Crippen LogP) is 2.25. The molecular weight excluding hydrogens is 479 g/mol. The molecule has 3 N–H and O–H groups in total. The highest BCUT2D eigenvalue weighted by molar-refractivity contribution is 5.47. The standard InChI is InChI=1S/C28H25FN2O6/c29-28(31-17-16-23(32)30-26(31)35)25(34)24(33)22(37-28)18-36-27(19-10-4-1-5-11-19,20-12-6-2-7-13-20)21-14-8-3-9-15-21/h1-17,22,24-25,33-34H,18H2,(H,30,32,35)/t22-,24-,25-,28+/m1/s1. The maximum atomic E-state index is 15.9. The van der Waals surface area contributed by atoms with Crippen LogP contribution < -0.4 is 11.2 Å². The van der Waals surface area contributed by atoms with Crippen molar-refractivity contribution in [1.82, 2.24) is 9.55 Å². The van der Waals surface area contributed by atoms with Gasteiger partial charge in [-0.3, -0.25) is 9.78 Å². The van der Waals surface area contributed by atoms with Gasteiger partial charge in [-0.1, -0.05) is 91.0 Å². The number of nitrogens with one attached hydrogen (secondary N) is 1. The minimum Gasteiger partial charge on any atom is -0.387 e. The van der Waals surface area contributed by atoms with Gasteiger partial charge < -0.3 is 19.7 Å². The van der Waals surface area contributed by atoms with E-state index in [1.807, 2.05) is 96.0 Å². The number of halogens is 1. The van der Waals surface area contributed by atoms with Gasteiger partial charge in [0.05, 0.1) is 6.61 Å². The largest absolute Gasteiger partial charge is 0.387 e. The lowest BCUT2D eigenvalue weighted by Gasteiger charge is -2.37. The van der Waals surface area contributed by atoms with Gasteiger partial charge in [-0.15, -0.1) is 0 Å². The molecule has 0 saturated carbocycles. The minimum absolute atomic E-state index is 0.347. The van der Waals surface area contributed by atoms with E-state index in [-0.39, 0.29) is 6.61 Å². The molecule has 4 aromatic rings. The molecule has 0 amide bonds. The number of benzene rings is 3. The highest BCUT2D eigenvalue weighted by Crippen LogP contribution is 2.42. The smallest absolute Gasteiger partial charge is 0.332 e. The van der Waals surface area contributed by atoms with Gasteiger partial charge >= 0.3 is 11.7 Å². The first kappa shape index (κ1) is 24.8. The van der Waals surface area contributed by atoms with Crippen LogP contribution >= 0.6 is 0 Å². The minimum atomic E-state index is -3.12. The lowest BCUT2D eigenvalue weighted by molar-refractivity contribution is -0.243. The molecular formula is C28H25FN2O6. The molecule has 9 heteroatoms. The number of aliphatic hydroxyl groups is 2. The predicted molar refractivity (Wildman–Crippen MR) is 132 cm³/mol. The lowest BCUT2D eigenvalue weighted by Crippen LogP contribution is -2.48. The Morgan fingerprint density at radius 2 is 1.35 bits per heavy atom. The van der Waals surface area contributed by atoms with E-state index in [0.717, 1.165) is 29.0 Å². The van der Waals surface area contributed by atoms with Gasteiger partial charge in [0.2, 0.25) is 0 Å². The van der Waals surface area contributed by atoms with Crippen molar-refractivity contribution in [2.75, 3.05) is 6.61 Å². The first-order valence-corrected chi connectivity index (χ1v) is 11.7. The van der Waals surface area contributed by atoms with E-state index in [1.165, 1.54) is 0 Å². The molecule has 1 saturated heterocycles. The molecule has 0 bridgehead atoms. The molecule has 4 atom stereocenters. The number of H-pyrrole nitrogens is 1. The zero-order chi connectivity index (χ0) is 26.0. The van der Waals surface area contributed by atoms with Crippen LogP contribution in [-0.2, 0) is 21.1 Å². The fourth-order valence-corrected chi connectivity index (χ4v) is 4.73. The first-order chi connectivity index (χ1) is 17.9. The van der Waals surface area contributed by atoms with Crippen molar-refractivity contribution in [3.05, 3.63) is 141 Å². The monoisotopic (exact) mass is 504 g/mol. The van der Waals surface area contributed by atoms with E-state index in [1.54, 1.807) is 0 Å². The van der Waals surface area contributed by atoms with E-state index < -0.39 is 41.1 Å². The highest BCUT2D eigenvalue weighted by atomic mass is 19.2. The Hall–Kier alpha value is -3.89. The second-order valence-corrected chi connectivity index (χ2v) is 8.77. The van der Waals surface area contributed by atoms with Crippen molar-refractivity contribution in [3.8, 4) is 0 Å². The number of ether oxygens (including phenoxy) is 2. The molecule has 8 nitrogen and oxygen atoms in total. The highest BCUT2D eigenvalue weighted by Gasteiger charge is 2.58. The molecule has 0 aliphatic carbocycles. The van der Waals surface area contributed by atoms with Crippen molar-refractivity contribution in [1.29, 1.82) is 0 Å². The number of aliphatic hydroxyl groups excluding tert-OH is 2. The zero-order valence-electron chi connectivity index (χ0n) is 19.6. The Labute approximate surface area is 211 Å². The summed E-state index contributed by atoms with van der Waals surface area (Å²) in [6, 6.07) is 29.2. The molecule has 3 aromatic carbocycles. The van der Waals surface area contributed by atoms with Gasteiger partial charge in [0.25, 0.3) is 5.56 Å². The summed E-state index contributed by atoms with van der Waals surface area (Å²) in [5.74, 6) is -3.12. The number of rotatable bonds is 7. The van der Waals surface area contributed by atoms with Crippen LogP contribution in [0.4, 0.5) is 4.39 Å².